The number of benzene rings is 11. The molecule has 11 aromatic carbocycles. The monoisotopic (exact) mass is 882 g/mol. The summed E-state index contributed by atoms with van der Waals surface area (Å²) in [6.45, 7) is 0. The Bertz CT molecular complexity index is 4020. The largest absolute Gasteiger partial charge is 0.310 e. The molecule has 0 spiro atoms. The molecule has 2 aromatic heterocycles. The summed E-state index contributed by atoms with van der Waals surface area (Å²) in [6, 6.07) is 94.2. The van der Waals surface area contributed by atoms with Crippen molar-refractivity contribution in [2.24, 2.45) is 0 Å². The highest BCUT2D eigenvalue weighted by Crippen LogP contribution is 2.57. The van der Waals surface area contributed by atoms with Gasteiger partial charge in [-0.05, 0) is 116 Å². The topological polar surface area (TPSA) is 8.17 Å². The first-order valence-electron chi connectivity index (χ1n) is 23.4. The van der Waals surface area contributed by atoms with E-state index in [1.807, 2.05) is 11.3 Å². The second kappa shape index (κ2) is 15.3. The zero-order valence-electron chi connectivity index (χ0n) is 37.1. The Labute approximate surface area is 398 Å². The fourth-order valence-corrected chi connectivity index (χ4v) is 12.9. The van der Waals surface area contributed by atoms with Gasteiger partial charge in [0, 0.05) is 49.0 Å². The molecule has 0 amide bonds. The molecule has 0 radical (unpaired) electrons. The van der Waals surface area contributed by atoms with Crippen LogP contribution in [-0.4, -0.2) is 4.57 Å². The van der Waals surface area contributed by atoms with E-state index < -0.39 is 5.41 Å². The Hall–Kier alpha value is -8.50. The Morgan fingerprint density at radius 3 is 1.62 bits per heavy atom. The zero-order valence-corrected chi connectivity index (χ0v) is 37.9. The van der Waals surface area contributed by atoms with Crippen LogP contribution in [0.5, 0.6) is 0 Å². The first-order valence-corrected chi connectivity index (χ1v) is 24.2. The molecule has 0 bridgehead atoms. The molecule has 0 saturated carbocycles. The number of hydrogen-bond donors (Lipinski definition) is 0. The average molecular weight is 883 g/mol. The number of aromatic nitrogens is 1. The number of rotatable bonds is 7. The van der Waals surface area contributed by atoms with E-state index in [0.29, 0.717) is 0 Å². The highest BCUT2D eigenvalue weighted by Gasteiger charge is 2.46. The fourth-order valence-electron chi connectivity index (χ4n) is 11.6. The van der Waals surface area contributed by atoms with Crippen LogP contribution in [0.15, 0.2) is 255 Å². The highest BCUT2D eigenvalue weighted by atomic mass is 32.1. The van der Waals surface area contributed by atoms with Gasteiger partial charge >= 0.3 is 0 Å². The van der Waals surface area contributed by atoms with Gasteiger partial charge < -0.3 is 9.47 Å². The maximum absolute atomic E-state index is 2.51. The lowest BCUT2D eigenvalue weighted by molar-refractivity contribution is 0.768. The molecule has 3 heteroatoms. The van der Waals surface area contributed by atoms with Crippen molar-refractivity contribution in [2.75, 3.05) is 4.90 Å². The number of nitrogens with zero attached hydrogens (tertiary/aromatic N) is 2. The van der Waals surface area contributed by atoms with Gasteiger partial charge in [0.25, 0.3) is 0 Å². The maximum Gasteiger partial charge on any atom is 0.0726 e. The third-order valence-electron chi connectivity index (χ3n) is 14.4. The van der Waals surface area contributed by atoms with Crippen molar-refractivity contribution < 1.29 is 0 Å². The summed E-state index contributed by atoms with van der Waals surface area (Å²) in [7, 11) is 0. The van der Waals surface area contributed by atoms with E-state index in [0.717, 1.165) is 22.7 Å². The van der Waals surface area contributed by atoms with Crippen molar-refractivity contribution >= 4 is 81.1 Å². The first-order chi connectivity index (χ1) is 33.8. The van der Waals surface area contributed by atoms with Crippen molar-refractivity contribution in [1.82, 2.24) is 4.57 Å². The first kappa shape index (κ1) is 38.7. The molecule has 14 rings (SSSR count). The van der Waals surface area contributed by atoms with Crippen LogP contribution in [0, 0.1) is 0 Å². The molecule has 0 aliphatic heterocycles. The Morgan fingerprint density at radius 2 is 0.897 bits per heavy atom. The SMILES string of the molecule is c1ccc(-c2ccc(N(c3ccc4c(c3)C(c3ccccc3)(c3ccccc3)c3ccccc3-4)c3ccc4c(c3)c3c5ccccc5c5c6ccccc6sc5c3n4-c3ccccc3)cc2)cc1. The number of anilines is 3. The molecule has 2 heterocycles. The normalized spacial score (nSPS) is 12.8. The van der Waals surface area contributed by atoms with E-state index in [1.165, 1.54) is 97.3 Å². The Morgan fingerprint density at radius 1 is 0.368 bits per heavy atom. The van der Waals surface area contributed by atoms with E-state index in [2.05, 4.69) is 264 Å². The number of fused-ring (bicyclic) bond motifs is 13. The Balaban J connectivity index is 1.07. The average Bonchev–Trinajstić information content (AvgIpc) is 4.07. The van der Waals surface area contributed by atoms with Crippen LogP contribution in [0.3, 0.4) is 0 Å². The fraction of sp³-hybridized carbons (Fsp3) is 0.0154. The van der Waals surface area contributed by atoms with E-state index in [9.17, 15) is 0 Å². The number of hydrogen-bond acceptors (Lipinski definition) is 2. The van der Waals surface area contributed by atoms with Crippen molar-refractivity contribution in [3.63, 3.8) is 0 Å². The quantitative estimate of drug-likeness (QED) is 0.155. The van der Waals surface area contributed by atoms with Gasteiger partial charge in [0.15, 0.2) is 0 Å². The maximum atomic E-state index is 2.51. The second-order valence-corrected chi connectivity index (χ2v) is 19.0. The molecule has 2 nitrogen and oxygen atoms in total. The van der Waals surface area contributed by atoms with Crippen molar-refractivity contribution in [3.05, 3.63) is 277 Å². The second-order valence-electron chi connectivity index (χ2n) is 17.9. The Kier molecular flexibility index (Phi) is 8.71. The molecule has 318 valence electrons. The molecule has 0 unspecified atom stereocenters. The van der Waals surface area contributed by atoms with Gasteiger partial charge in [0.2, 0.25) is 0 Å². The molecule has 0 atom stereocenters. The minimum Gasteiger partial charge on any atom is -0.310 e. The summed E-state index contributed by atoms with van der Waals surface area (Å²) in [6.07, 6.45) is 0. The van der Waals surface area contributed by atoms with Crippen LogP contribution in [0.2, 0.25) is 0 Å². The summed E-state index contributed by atoms with van der Waals surface area (Å²) in [5, 5.41) is 7.68. The zero-order chi connectivity index (χ0) is 44.8. The summed E-state index contributed by atoms with van der Waals surface area (Å²) >= 11 is 1.90. The molecule has 0 fully saturated rings. The molecule has 68 heavy (non-hydrogen) atoms. The highest BCUT2D eigenvalue weighted by molar-refractivity contribution is 7.27. The predicted octanol–water partition coefficient (Wildman–Crippen LogP) is 17.8. The minimum absolute atomic E-state index is 0.533. The molecule has 0 saturated heterocycles. The standard InChI is InChI=1S/C65H42N2S/c1-5-19-43(20-6-1)44-33-35-48(36-34-44)66(50-37-39-52-51-27-15-17-31-57(51)65(58(52)42-50,45-21-7-2-8-22-45)46-23-9-3-10-24-46)49-38-40-59-56(41-49)61-53-28-13-14-29-54(53)62-55-30-16-18-32-60(55)68-64(62)63(61)67(59)47-25-11-4-12-26-47/h1-42H. The molecule has 1 aliphatic rings. The van der Waals surface area contributed by atoms with E-state index >= 15 is 0 Å². The van der Waals surface area contributed by atoms with E-state index in [-0.39, 0.29) is 0 Å². The van der Waals surface area contributed by atoms with Gasteiger partial charge in [-0.25, -0.2) is 0 Å². The third-order valence-corrected chi connectivity index (χ3v) is 15.6. The van der Waals surface area contributed by atoms with Crippen LogP contribution in [0.1, 0.15) is 22.3 Å². The van der Waals surface area contributed by atoms with Gasteiger partial charge in [-0.2, -0.15) is 0 Å². The van der Waals surface area contributed by atoms with Gasteiger partial charge in [-0.15, -0.1) is 11.3 Å². The minimum atomic E-state index is -0.533. The summed E-state index contributed by atoms with van der Waals surface area (Å²) in [5.41, 5.74) is 16.3. The van der Waals surface area contributed by atoms with Crippen LogP contribution in [0.4, 0.5) is 17.1 Å². The van der Waals surface area contributed by atoms with Crippen molar-refractivity contribution in [2.45, 2.75) is 5.41 Å². The van der Waals surface area contributed by atoms with E-state index in [4.69, 9.17) is 0 Å². The number of thiophene rings is 1. The molecule has 1 aliphatic carbocycles. The molecular weight excluding hydrogens is 841 g/mol. The molecular formula is C65H42N2S. The van der Waals surface area contributed by atoms with Crippen LogP contribution < -0.4 is 4.90 Å². The summed E-state index contributed by atoms with van der Waals surface area (Å²) in [4.78, 5) is 2.48. The summed E-state index contributed by atoms with van der Waals surface area (Å²) < 4.78 is 5.13. The van der Waals surface area contributed by atoms with Crippen LogP contribution in [-0.2, 0) is 5.41 Å². The molecule has 0 N–H and O–H groups in total. The van der Waals surface area contributed by atoms with Gasteiger partial charge in [-0.3, -0.25) is 0 Å². The third kappa shape index (κ3) is 5.63. The van der Waals surface area contributed by atoms with Crippen LogP contribution >= 0.6 is 11.3 Å². The van der Waals surface area contributed by atoms with Gasteiger partial charge in [-0.1, -0.05) is 194 Å². The lowest BCUT2D eigenvalue weighted by atomic mass is 9.67. The van der Waals surface area contributed by atoms with E-state index in [1.54, 1.807) is 0 Å². The predicted molar refractivity (Wildman–Crippen MR) is 289 cm³/mol. The lowest BCUT2D eigenvalue weighted by Crippen LogP contribution is -2.28. The summed E-state index contributed by atoms with van der Waals surface area (Å²) in [5.74, 6) is 0. The number of para-hydroxylation sites is 1. The lowest BCUT2D eigenvalue weighted by Gasteiger charge is -2.35. The van der Waals surface area contributed by atoms with Crippen molar-refractivity contribution in [1.29, 1.82) is 0 Å². The van der Waals surface area contributed by atoms with Crippen LogP contribution in [0.25, 0.3) is 80.7 Å². The van der Waals surface area contributed by atoms with Gasteiger partial charge in [0.1, 0.15) is 0 Å². The molecule has 13 aromatic rings. The smallest absolute Gasteiger partial charge is 0.0726 e. The van der Waals surface area contributed by atoms with Crippen molar-refractivity contribution in [3.8, 4) is 27.9 Å². The van der Waals surface area contributed by atoms with Gasteiger partial charge in [0.05, 0.1) is 21.1 Å².